The Balaban J connectivity index is 1.67. The van der Waals surface area contributed by atoms with Gasteiger partial charge in [-0.15, -0.1) is 0 Å². The number of hydrogen-bond acceptors (Lipinski definition) is 2. The van der Waals surface area contributed by atoms with Crippen molar-refractivity contribution in [1.29, 1.82) is 0 Å². The summed E-state index contributed by atoms with van der Waals surface area (Å²) in [5.74, 6) is 0.866. The molecule has 0 spiro atoms. The van der Waals surface area contributed by atoms with Crippen LogP contribution in [0.1, 0.15) is 41.6 Å². The van der Waals surface area contributed by atoms with Crippen LogP contribution in [0.4, 0.5) is 4.39 Å². The second-order valence-electron chi connectivity index (χ2n) is 7.59. The number of carbonyl (C=O) groups excluding carboxylic acids is 1. The third-order valence-electron chi connectivity index (χ3n) is 5.99. The molecule has 2 aliphatic rings. The molecule has 4 heteroatoms. The first-order valence-corrected chi connectivity index (χ1v) is 8.57. The van der Waals surface area contributed by atoms with Crippen molar-refractivity contribution in [1.82, 2.24) is 9.80 Å². The summed E-state index contributed by atoms with van der Waals surface area (Å²) >= 11 is 0. The van der Waals surface area contributed by atoms with Crippen molar-refractivity contribution >= 4 is 5.91 Å². The highest BCUT2D eigenvalue weighted by molar-refractivity contribution is 5.94. The lowest BCUT2D eigenvalue weighted by atomic mass is 10.0. The lowest BCUT2D eigenvalue weighted by Crippen LogP contribution is -2.37. The smallest absolute Gasteiger partial charge is 0.256 e. The summed E-state index contributed by atoms with van der Waals surface area (Å²) in [5.41, 5.74) is 0.733. The van der Waals surface area contributed by atoms with Crippen LogP contribution in [-0.4, -0.2) is 48.9 Å². The van der Waals surface area contributed by atoms with Crippen LogP contribution in [-0.2, 0) is 0 Å². The molecule has 23 heavy (non-hydrogen) atoms. The van der Waals surface area contributed by atoms with Gasteiger partial charge < -0.3 is 9.80 Å². The lowest BCUT2D eigenvalue weighted by Gasteiger charge is -2.27. The van der Waals surface area contributed by atoms with E-state index in [0.717, 1.165) is 12.8 Å². The first kappa shape index (κ1) is 16.4. The third-order valence-corrected chi connectivity index (χ3v) is 5.99. The fourth-order valence-electron chi connectivity index (χ4n) is 4.46. The van der Waals surface area contributed by atoms with Gasteiger partial charge in [-0.3, -0.25) is 4.79 Å². The summed E-state index contributed by atoms with van der Waals surface area (Å²) in [5, 5.41) is 0. The van der Waals surface area contributed by atoms with Crippen LogP contribution < -0.4 is 0 Å². The van der Waals surface area contributed by atoms with Gasteiger partial charge in [0.05, 0.1) is 5.56 Å². The zero-order chi connectivity index (χ0) is 16.7. The van der Waals surface area contributed by atoms with Gasteiger partial charge in [0.15, 0.2) is 0 Å². The zero-order valence-electron chi connectivity index (χ0n) is 14.6. The van der Waals surface area contributed by atoms with Crippen molar-refractivity contribution in [3.8, 4) is 0 Å². The van der Waals surface area contributed by atoms with Gasteiger partial charge in [0.25, 0.3) is 5.91 Å². The van der Waals surface area contributed by atoms with Gasteiger partial charge in [-0.25, -0.2) is 4.39 Å². The van der Waals surface area contributed by atoms with E-state index < -0.39 is 0 Å². The largest absolute Gasteiger partial charge is 0.339 e. The van der Waals surface area contributed by atoms with Gasteiger partial charge in [0, 0.05) is 19.1 Å². The quantitative estimate of drug-likeness (QED) is 0.853. The molecule has 2 fully saturated rings. The Hall–Kier alpha value is -1.42. The van der Waals surface area contributed by atoms with Crippen LogP contribution in [0.2, 0.25) is 0 Å². The van der Waals surface area contributed by atoms with E-state index in [1.807, 2.05) is 7.05 Å². The van der Waals surface area contributed by atoms with Gasteiger partial charge in [0.2, 0.25) is 0 Å². The van der Waals surface area contributed by atoms with E-state index in [4.69, 9.17) is 0 Å². The number of rotatable bonds is 3. The Kier molecular flexibility index (Phi) is 4.45. The van der Waals surface area contributed by atoms with E-state index >= 15 is 0 Å². The molecule has 0 aliphatic heterocycles. The minimum atomic E-state index is -0.379. The number of fused-ring (bicyclic) bond motifs is 1. The number of halogens is 1. The molecule has 1 aromatic carbocycles. The highest BCUT2D eigenvalue weighted by Crippen LogP contribution is 2.46. The molecule has 3 nitrogen and oxygen atoms in total. The summed E-state index contributed by atoms with van der Waals surface area (Å²) in [6.45, 7) is 1.70. The van der Waals surface area contributed by atoms with Gasteiger partial charge >= 0.3 is 0 Å². The topological polar surface area (TPSA) is 23.6 Å². The summed E-state index contributed by atoms with van der Waals surface area (Å²) in [7, 11) is 6.14. The molecule has 0 N–H and O–H groups in total. The molecule has 1 aromatic rings. The maximum Gasteiger partial charge on any atom is 0.256 e. The van der Waals surface area contributed by atoms with Crippen molar-refractivity contribution < 1.29 is 9.18 Å². The van der Waals surface area contributed by atoms with Crippen LogP contribution in [0, 0.1) is 24.6 Å². The minimum absolute atomic E-state index is 0.180. The van der Waals surface area contributed by atoms with E-state index in [9.17, 15) is 9.18 Å². The molecule has 0 bridgehead atoms. The predicted octanol–water partition coefficient (Wildman–Crippen LogP) is 3.32. The minimum Gasteiger partial charge on any atom is -0.339 e. The highest BCUT2D eigenvalue weighted by Gasteiger charge is 2.44. The molecule has 1 amide bonds. The summed E-state index contributed by atoms with van der Waals surface area (Å²) in [4.78, 5) is 16.8. The maximum absolute atomic E-state index is 14.2. The number of amides is 1. The summed E-state index contributed by atoms with van der Waals surface area (Å²) in [6, 6.07) is 5.98. The predicted molar refractivity (Wildman–Crippen MR) is 89.9 cm³/mol. The Morgan fingerprint density at radius 2 is 1.61 bits per heavy atom. The van der Waals surface area contributed by atoms with E-state index in [-0.39, 0.29) is 23.3 Å². The number of benzene rings is 1. The first-order chi connectivity index (χ1) is 10.9. The average molecular weight is 318 g/mol. The Morgan fingerprint density at radius 1 is 1.04 bits per heavy atom. The van der Waals surface area contributed by atoms with E-state index in [1.165, 1.54) is 12.8 Å². The fourth-order valence-corrected chi connectivity index (χ4v) is 4.46. The molecule has 0 aromatic heterocycles. The average Bonchev–Trinajstić information content (AvgIpc) is 3.07. The first-order valence-electron chi connectivity index (χ1n) is 8.57. The van der Waals surface area contributed by atoms with Crippen LogP contribution in [0.15, 0.2) is 18.2 Å². The second kappa shape index (κ2) is 6.23. The van der Waals surface area contributed by atoms with Crippen LogP contribution in [0.3, 0.4) is 0 Å². The Labute approximate surface area is 138 Å². The zero-order valence-corrected chi connectivity index (χ0v) is 14.6. The van der Waals surface area contributed by atoms with Gasteiger partial charge in [-0.2, -0.15) is 0 Å². The fraction of sp³-hybridized carbons (Fsp3) is 0.632. The highest BCUT2D eigenvalue weighted by atomic mass is 19.1. The molecule has 3 rings (SSSR count). The van der Waals surface area contributed by atoms with Gasteiger partial charge in [-0.1, -0.05) is 12.1 Å². The van der Waals surface area contributed by atoms with E-state index in [1.54, 1.807) is 30.0 Å². The van der Waals surface area contributed by atoms with E-state index in [0.29, 0.717) is 23.4 Å². The van der Waals surface area contributed by atoms with Gasteiger partial charge in [-0.05, 0) is 70.2 Å². The van der Waals surface area contributed by atoms with Crippen molar-refractivity contribution in [3.63, 3.8) is 0 Å². The molecule has 0 radical (unpaired) electrons. The van der Waals surface area contributed by atoms with E-state index in [2.05, 4.69) is 19.0 Å². The molecule has 2 aliphatic carbocycles. The number of nitrogens with zero attached hydrogens (tertiary/aromatic N) is 2. The number of aryl methyl sites for hydroxylation is 1. The molecule has 4 atom stereocenters. The number of hydrogen-bond donors (Lipinski definition) is 0. The van der Waals surface area contributed by atoms with Crippen LogP contribution in [0.5, 0.6) is 0 Å². The van der Waals surface area contributed by atoms with Crippen LogP contribution >= 0.6 is 0 Å². The molecule has 0 heterocycles. The summed E-state index contributed by atoms with van der Waals surface area (Å²) < 4.78 is 14.2. The van der Waals surface area contributed by atoms with Crippen molar-refractivity contribution in [2.24, 2.45) is 11.8 Å². The van der Waals surface area contributed by atoms with Gasteiger partial charge in [0.1, 0.15) is 5.82 Å². The number of carbonyl (C=O) groups is 1. The molecular formula is C19H27FN2O. The van der Waals surface area contributed by atoms with Crippen molar-refractivity contribution in [2.75, 3.05) is 21.1 Å². The monoisotopic (exact) mass is 318 g/mol. The Bertz CT molecular complexity index is 587. The maximum atomic E-state index is 14.2. The Morgan fingerprint density at radius 3 is 2.17 bits per heavy atom. The second-order valence-corrected chi connectivity index (χ2v) is 7.59. The normalized spacial score (nSPS) is 29.8. The molecular weight excluding hydrogens is 291 g/mol. The lowest BCUT2D eigenvalue weighted by molar-refractivity contribution is 0.0721. The molecule has 126 valence electrons. The molecule has 0 saturated heterocycles. The third kappa shape index (κ3) is 3.01. The standard InChI is InChI=1S/C19H27FN2O/c1-12-6-5-7-17(18(12)20)19(23)22(4)16-10-13-8-15(21(2)3)9-14(13)11-16/h5-7,13-16H,8-11H2,1-4H3/t13-,14+,15?,16?. The summed E-state index contributed by atoms with van der Waals surface area (Å²) in [6.07, 6.45) is 4.58. The van der Waals surface area contributed by atoms with Crippen molar-refractivity contribution in [2.45, 2.75) is 44.7 Å². The molecule has 2 saturated carbocycles. The van der Waals surface area contributed by atoms with Crippen LogP contribution in [0.25, 0.3) is 0 Å². The molecule has 2 unspecified atom stereocenters. The SMILES string of the molecule is Cc1cccc(C(=O)N(C)C2C[C@H]3CC(N(C)C)C[C@H]3C2)c1F. The van der Waals surface area contributed by atoms with Crippen molar-refractivity contribution in [3.05, 3.63) is 35.1 Å².